The highest BCUT2D eigenvalue weighted by Gasteiger charge is 2.18. The van der Waals surface area contributed by atoms with E-state index in [2.05, 4.69) is 10.6 Å². The van der Waals surface area contributed by atoms with Crippen molar-refractivity contribution in [1.82, 2.24) is 5.32 Å². The minimum Gasteiger partial charge on any atom is -0.486 e. The number of likely N-dealkylation sites (N-methyl/N-ethyl adjacent to an activating group) is 1. The molecule has 1 heterocycles. The summed E-state index contributed by atoms with van der Waals surface area (Å²) < 4.78 is 11.1. The molecule has 2 atom stereocenters. The van der Waals surface area contributed by atoms with E-state index in [9.17, 15) is 9.59 Å². The van der Waals surface area contributed by atoms with E-state index in [4.69, 9.17) is 21.1 Å². The van der Waals surface area contributed by atoms with Gasteiger partial charge in [-0.05, 0) is 48.9 Å². The fourth-order valence-corrected chi connectivity index (χ4v) is 3.18. The minimum absolute atomic E-state index is 0.135. The second-order valence-electron chi connectivity index (χ2n) is 7.06. The third kappa shape index (κ3) is 6.10. The van der Waals surface area contributed by atoms with Crippen LogP contribution < -0.4 is 25.0 Å². The van der Waals surface area contributed by atoms with Gasteiger partial charge in [0.25, 0.3) is 11.8 Å². The first kappa shape index (κ1) is 21.0. The summed E-state index contributed by atoms with van der Waals surface area (Å²) in [5, 5.41) is 6.36. The number of fused-ring (bicyclic) bond motifs is 1. The number of quaternary nitrogens is 1. The third-order valence-corrected chi connectivity index (χ3v) is 4.75. The normalized spacial score (nSPS) is 14.6. The molecule has 1 aliphatic rings. The predicted octanol–water partition coefficient (Wildman–Crippen LogP) is 1.44. The maximum Gasteiger partial charge on any atom is 0.279 e. The molecule has 2 aromatic carbocycles. The van der Waals surface area contributed by atoms with Crippen molar-refractivity contribution in [2.75, 3.05) is 38.7 Å². The van der Waals surface area contributed by atoms with Crippen molar-refractivity contribution >= 4 is 29.1 Å². The molecule has 0 saturated carbocycles. The molecule has 0 aliphatic carbocycles. The molecular formula is C21H25ClN3O4+. The molecule has 0 saturated heterocycles. The average Bonchev–Trinajstić information content (AvgIpc) is 2.69. The molecule has 0 radical (unpaired) electrons. The Morgan fingerprint density at radius 3 is 2.41 bits per heavy atom. The van der Waals surface area contributed by atoms with Gasteiger partial charge >= 0.3 is 0 Å². The van der Waals surface area contributed by atoms with Crippen LogP contribution in [0.3, 0.4) is 0 Å². The molecule has 1 unspecified atom stereocenters. The fraction of sp³-hybridized carbons (Fsp3) is 0.333. The summed E-state index contributed by atoms with van der Waals surface area (Å²) in [4.78, 5) is 25.3. The molecule has 1 aliphatic heterocycles. The van der Waals surface area contributed by atoms with Gasteiger partial charge in [-0.2, -0.15) is 0 Å². The Morgan fingerprint density at radius 1 is 1.03 bits per heavy atom. The number of nitrogens with one attached hydrogen (secondary N) is 3. The first-order valence-electron chi connectivity index (χ1n) is 9.46. The molecule has 3 N–H and O–H groups in total. The van der Waals surface area contributed by atoms with Crippen molar-refractivity contribution in [3.05, 3.63) is 53.1 Å². The number of rotatable bonds is 7. The Morgan fingerprint density at radius 2 is 1.69 bits per heavy atom. The van der Waals surface area contributed by atoms with Crippen molar-refractivity contribution in [2.45, 2.75) is 13.0 Å². The molecule has 8 heteroatoms. The topological polar surface area (TPSA) is 81.1 Å². The van der Waals surface area contributed by atoms with Crippen molar-refractivity contribution in [2.24, 2.45) is 0 Å². The predicted molar refractivity (Wildman–Crippen MR) is 111 cm³/mol. The lowest BCUT2D eigenvalue weighted by atomic mass is 10.1. The quantitative estimate of drug-likeness (QED) is 0.635. The summed E-state index contributed by atoms with van der Waals surface area (Å²) in [7, 11) is 1.80. The molecule has 7 nitrogen and oxygen atoms in total. The van der Waals surface area contributed by atoms with E-state index < -0.39 is 0 Å². The second-order valence-corrected chi connectivity index (χ2v) is 7.49. The summed E-state index contributed by atoms with van der Waals surface area (Å²) in [5.41, 5.74) is 1.60. The van der Waals surface area contributed by atoms with Gasteiger partial charge in [0.05, 0.1) is 13.1 Å². The zero-order valence-electron chi connectivity index (χ0n) is 16.5. The van der Waals surface area contributed by atoms with Crippen LogP contribution in [0.15, 0.2) is 42.5 Å². The van der Waals surface area contributed by atoms with E-state index >= 15 is 0 Å². The highest BCUT2D eigenvalue weighted by atomic mass is 35.5. The van der Waals surface area contributed by atoms with Crippen molar-refractivity contribution < 1.29 is 24.0 Å². The van der Waals surface area contributed by atoms with E-state index in [-0.39, 0.29) is 30.9 Å². The number of carbonyl (C=O) groups excluding carboxylic acids is 2. The van der Waals surface area contributed by atoms with Gasteiger partial charge in [-0.3, -0.25) is 9.59 Å². The Balaban J connectivity index is 1.46. The molecule has 29 heavy (non-hydrogen) atoms. The Bertz CT molecular complexity index is 873. The van der Waals surface area contributed by atoms with Crippen LogP contribution in [0.25, 0.3) is 0 Å². The lowest BCUT2D eigenvalue weighted by molar-refractivity contribution is -0.862. The SMILES string of the molecule is C[C@H](NC(=O)C[NH+](C)CC(=O)Nc1ccc(Cl)cc1)c1ccc2c(c1)OCCO2. The van der Waals surface area contributed by atoms with Crippen LogP contribution in [-0.4, -0.2) is 45.2 Å². The van der Waals surface area contributed by atoms with Crippen LogP contribution in [0, 0.1) is 0 Å². The molecule has 0 fully saturated rings. The van der Waals surface area contributed by atoms with Gasteiger partial charge in [0.15, 0.2) is 24.6 Å². The van der Waals surface area contributed by atoms with E-state index in [0.29, 0.717) is 29.7 Å². The number of ether oxygens (including phenoxy) is 2. The van der Waals surface area contributed by atoms with Gasteiger partial charge in [-0.25, -0.2) is 0 Å². The van der Waals surface area contributed by atoms with E-state index in [1.165, 1.54) is 0 Å². The maximum atomic E-state index is 12.4. The highest BCUT2D eigenvalue weighted by molar-refractivity contribution is 6.30. The zero-order chi connectivity index (χ0) is 20.8. The summed E-state index contributed by atoms with van der Waals surface area (Å²) in [6, 6.07) is 12.3. The summed E-state index contributed by atoms with van der Waals surface area (Å²) >= 11 is 5.84. The van der Waals surface area contributed by atoms with Crippen LogP contribution in [0.4, 0.5) is 5.69 Å². The molecule has 0 spiro atoms. The summed E-state index contributed by atoms with van der Waals surface area (Å²) in [5.74, 6) is 1.10. The number of anilines is 1. The Labute approximate surface area is 174 Å². The number of benzene rings is 2. The molecule has 0 bridgehead atoms. The standard InChI is InChI=1S/C21H24ClN3O4/c1-14(15-3-8-18-19(11-15)29-10-9-28-18)23-20(26)12-25(2)13-21(27)24-17-6-4-16(22)5-7-17/h3-8,11,14H,9-10,12-13H2,1-2H3,(H,23,26)(H,24,27)/p+1/t14-/m0/s1. The van der Waals surface area contributed by atoms with Gasteiger partial charge in [-0.15, -0.1) is 0 Å². The van der Waals surface area contributed by atoms with Crippen LogP contribution in [0.5, 0.6) is 11.5 Å². The van der Waals surface area contributed by atoms with Crippen LogP contribution >= 0.6 is 11.6 Å². The maximum absolute atomic E-state index is 12.4. The molecule has 3 rings (SSSR count). The average molecular weight is 419 g/mol. The smallest absolute Gasteiger partial charge is 0.279 e. The third-order valence-electron chi connectivity index (χ3n) is 4.50. The minimum atomic E-state index is -0.186. The van der Waals surface area contributed by atoms with Gasteiger partial charge < -0.3 is 25.0 Å². The van der Waals surface area contributed by atoms with Crippen molar-refractivity contribution in [3.8, 4) is 11.5 Å². The van der Waals surface area contributed by atoms with E-state index in [1.54, 1.807) is 31.3 Å². The number of amides is 2. The lowest BCUT2D eigenvalue weighted by Crippen LogP contribution is -3.11. The van der Waals surface area contributed by atoms with Crippen molar-refractivity contribution in [3.63, 3.8) is 0 Å². The molecule has 154 valence electrons. The number of hydrogen-bond donors (Lipinski definition) is 3. The van der Waals surface area contributed by atoms with Gasteiger partial charge in [0, 0.05) is 10.7 Å². The van der Waals surface area contributed by atoms with Gasteiger partial charge in [-0.1, -0.05) is 17.7 Å². The highest BCUT2D eigenvalue weighted by Crippen LogP contribution is 2.32. The lowest BCUT2D eigenvalue weighted by Gasteiger charge is -2.21. The molecule has 0 aromatic heterocycles. The molecular weight excluding hydrogens is 394 g/mol. The largest absolute Gasteiger partial charge is 0.486 e. The van der Waals surface area contributed by atoms with Crippen LogP contribution in [-0.2, 0) is 9.59 Å². The zero-order valence-corrected chi connectivity index (χ0v) is 17.2. The van der Waals surface area contributed by atoms with E-state index in [1.807, 2.05) is 25.1 Å². The molecule has 2 aromatic rings. The van der Waals surface area contributed by atoms with Crippen LogP contribution in [0.1, 0.15) is 18.5 Å². The van der Waals surface area contributed by atoms with Gasteiger partial charge in [0.2, 0.25) is 0 Å². The van der Waals surface area contributed by atoms with E-state index in [0.717, 1.165) is 16.2 Å². The first-order valence-corrected chi connectivity index (χ1v) is 9.84. The summed E-state index contributed by atoms with van der Waals surface area (Å²) in [6.07, 6.45) is 0. The fourth-order valence-electron chi connectivity index (χ4n) is 3.05. The second kappa shape index (κ2) is 9.62. The number of halogens is 1. The van der Waals surface area contributed by atoms with Gasteiger partial charge in [0.1, 0.15) is 13.2 Å². The molecule has 2 amide bonds. The Hall–Kier alpha value is -2.77. The number of carbonyl (C=O) groups is 2. The van der Waals surface area contributed by atoms with Crippen LogP contribution in [0.2, 0.25) is 5.02 Å². The number of hydrogen-bond acceptors (Lipinski definition) is 4. The summed E-state index contributed by atoms with van der Waals surface area (Å²) in [6.45, 7) is 3.33. The Kier molecular flexibility index (Phi) is 6.95. The first-order chi connectivity index (χ1) is 13.9. The monoisotopic (exact) mass is 418 g/mol. The van der Waals surface area contributed by atoms with Crippen molar-refractivity contribution in [1.29, 1.82) is 0 Å².